The molecule has 1 unspecified atom stereocenters. The Kier molecular flexibility index (Phi) is 2.49. The fourth-order valence-electron chi connectivity index (χ4n) is 3.40. The summed E-state index contributed by atoms with van der Waals surface area (Å²) in [5, 5.41) is 9.94. The van der Waals surface area contributed by atoms with Gasteiger partial charge in [0, 0.05) is 18.6 Å². The largest absolute Gasteiger partial charge is 0.391 e. The first-order chi connectivity index (χ1) is 7.75. The predicted octanol–water partition coefficient (Wildman–Crippen LogP) is 2.20. The summed E-state index contributed by atoms with van der Waals surface area (Å²) in [7, 11) is 0. The predicted molar refractivity (Wildman–Crippen MR) is 64.1 cm³/mol. The molecule has 2 fully saturated rings. The van der Waals surface area contributed by atoms with Gasteiger partial charge in [-0.3, -0.25) is 4.90 Å². The zero-order valence-electron chi connectivity index (χ0n) is 9.71. The minimum absolute atomic E-state index is 0.0927. The molecule has 4 atom stereocenters. The Balaban J connectivity index is 1.79. The first-order valence-corrected chi connectivity index (χ1v) is 6.24. The monoisotopic (exact) mass is 217 g/mol. The summed E-state index contributed by atoms with van der Waals surface area (Å²) in [6, 6.07) is 11.5. The molecular formula is C14H19NO. The van der Waals surface area contributed by atoms with Crippen molar-refractivity contribution < 1.29 is 5.11 Å². The van der Waals surface area contributed by atoms with Crippen molar-refractivity contribution in [1.82, 2.24) is 4.90 Å². The van der Waals surface area contributed by atoms with E-state index in [0.717, 1.165) is 18.9 Å². The van der Waals surface area contributed by atoms with Crippen molar-refractivity contribution in [2.75, 3.05) is 6.54 Å². The van der Waals surface area contributed by atoms with Crippen molar-refractivity contribution in [1.29, 1.82) is 0 Å². The van der Waals surface area contributed by atoms with E-state index >= 15 is 0 Å². The van der Waals surface area contributed by atoms with Crippen LogP contribution in [0.3, 0.4) is 0 Å². The molecule has 2 bridgehead atoms. The van der Waals surface area contributed by atoms with Crippen LogP contribution in [0.5, 0.6) is 0 Å². The molecule has 16 heavy (non-hydrogen) atoms. The van der Waals surface area contributed by atoms with Crippen LogP contribution in [0.2, 0.25) is 0 Å². The maximum absolute atomic E-state index is 9.94. The third kappa shape index (κ3) is 1.57. The van der Waals surface area contributed by atoms with Gasteiger partial charge in [-0.05, 0) is 31.2 Å². The maximum Gasteiger partial charge on any atom is 0.0698 e. The zero-order valence-corrected chi connectivity index (χ0v) is 9.71. The van der Waals surface area contributed by atoms with Crippen molar-refractivity contribution in [3.8, 4) is 0 Å². The molecule has 2 nitrogen and oxygen atoms in total. The van der Waals surface area contributed by atoms with Crippen molar-refractivity contribution in [2.45, 2.75) is 38.0 Å². The maximum atomic E-state index is 9.94. The van der Waals surface area contributed by atoms with Crippen LogP contribution in [-0.4, -0.2) is 28.7 Å². The van der Waals surface area contributed by atoms with E-state index < -0.39 is 0 Å². The normalized spacial score (nSPS) is 35.5. The molecule has 2 heteroatoms. The highest BCUT2D eigenvalue weighted by atomic mass is 16.3. The molecule has 2 aliphatic rings. The number of rotatable bonds is 2. The van der Waals surface area contributed by atoms with Crippen molar-refractivity contribution >= 4 is 0 Å². The number of hydrogen-bond acceptors (Lipinski definition) is 2. The summed E-state index contributed by atoms with van der Waals surface area (Å²) in [5.41, 5.74) is 1.36. The van der Waals surface area contributed by atoms with Gasteiger partial charge in [0.15, 0.2) is 0 Å². The minimum Gasteiger partial charge on any atom is -0.391 e. The topological polar surface area (TPSA) is 23.5 Å². The van der Waals surface area contributed by atoms with Gasteiger partial charge in [0.1, 0.15) is 0 Å². The molecule has 1 saturated heterocycles. The van der Waals surface area contributed by atoms with Crippen LogP contribution < -0.4 is 0 Å². The molecule has 0 amide bonds. The molecule has 0 radical (unpaired) electrons. The van der Waals surface area contributed by atoms with Crippen LogP contribution in [0, 0.1) is 5.92 Å². The van der Waals surface area contributed by atoms with E-state index in [9.17, 15) is 5.11 Å². The summed E-state index contributed by atoms with van der Waals surface area (Å²) in [6.45, 7) is 3.42. The summed E-state index contributed by atoms with van der Waals surface area (Å²) in [6.07, 6.45) is 2.12. The second-order valence-corrected chi connectivity index (χ2v) is 5.26. The summed E-state index contributed by atoms with van der Waals surface area (Å²) < 4.78 is 0. The molecule has 1 aliphatic carbocycles. The molecule has 1 heterocycles. The third-order valence-corrected chi connectivity index (χ3v) is 4.27. The Morgan fingerprint density at radius 2 is 2.00 bits per heavy atom. The van der Waals surface area contributed by atoms with E-state index in [1.165, 1.54) is 12.0 Å². The van der Waals surface area contributed by atoms with E-state index in [4.69, 9.17) is 0 Å². The lowest BCUT2D eigenvalue weighted by molar-refractivity contribution is 0.0361. The van der Waals surface area contributed by atoms with E-state index in [-0.39, 0.29) is 6.10 Å². The molecule has 86 valence electrons. The van der Waals surface area contributed by atoms with Crippen molar-refractivity contribution in [3.05, 3.63) is 35.9 Å². The van der Waals surface area contributed by atoms with E-state index in [1.807, 2.05) is 0 Å². The molecule has 0 spiro atoms. The first kappa shape index (κ1) is 10.3. The third-order valence-electron chi connectivity index (χ3n) is 4.27. The highest BCUT2D eigenvalue weighted by Gasteiger charge is 2.45. The number of hydrogen-bond donors (Lipinski definition) is 1. The first-order valence-electron chi connectivity index (χ1n) is 6.24. The van der Waals surface area contributed by atoms with Crippen molar-refractivity contribution in [3.63, 3.8) is 0 Å². The Bertz CT molecular complexity index is 364. The van der Waals surface area contributed by atoms with Crippen LogP contribution in [0.1, 0.15) is 31.4 Å². The Morgan fingerprint density at radius 1 is 1.25 bits per heavy atom. The number of benzene rings is 1. The molecule has 1 N–H and O–H groups in total. The van der Waals surface area contributed by atoms with E-state index in [2.05, 4.69) is 42.2 Å². The molecule has 3 rings (SSSR count). The smallest absolute Gasteiger partial charge is 0.0698 e. The van der Waals surface area contributed by atoms with Crippen molar-refractivity contribution in [2.24, 2.45) is 5.92 Å². The van der Waals surface area contributed by atoms with E-state index in [1.54, 1.807) is 0 Å². The number of aliphatic hydroxyl groups is 1. The molecule has 0 aromatic heterocycles. The van der Waals surface area contributed by atoms with Gasteiger partial charge in [-0.1, -0.05) is 30.3 Å². The lowest BCUT2D eigenvalue weighted by atomic mass is 10.0. The van der Waals surface area contributed by atoms with Crippen LogP contribution in [-0.2, 0) is 0 Å². The average molecular weight is 217 g/mol. The number of likely N-dealkylation sites (tertiary alicyclic amines) is 1. The summed E-state index contributed by atoms with van der Waals surface area (Å²) in [4.78, 5) is 2.48. The van der Waals surface area contributed by atoms with Crippen LogP contribution in [0.4, 0.5) is 0 Å². The second kappa shape index (κ2) is 3.86. The number of aliphatic hydroxyl groups excluding tert-OH is 1. The molecule has 1 saturated carbocycles. The quantitative estimate of drug-likeness (QED) is 0.821. The molecule has 1 aromatic carbocycles. The SMILES string of the molecule is C[C@@H](c1ccccc1)N1C[C@@H]2CC(O)[C@H]1C2. The summed E-state index contributed by atoms with van der Waals surface area (Å²) in [5.74, 6) is 0.728. The van der Waals surface area contributed by atoms with Gasteiger partial charge in [0.25, 0.3) is 0 Å². The van der Waals surface area contributed by atoms with Crippen LogP contribution in [0.15, 0.2) is 30.3 Å². The lowest BCUT2D eigenvalue weighted by Crippen LogP contribution is -2.42. The van der Waals surface area contributed by atoms with Gasteiger partial charge in [-0.2, -0.15) is 0 Å². The van der Waals surface area contributed by atoms with Gasteiger partial charge in [-0.15, -0.1) is 0 Å². The second-order valence-electron chi connectivity index (χ2n) is 5.26. The van der Waals surface area contributed by atoms with Gasteiger partial charge in [0.2, 0.25) is 0 Å². The van der Waals surface area contributed by atoms with Gasteiger partial charge < -0.3 is 5.11 Å². The Hall–Kier alpha value is -0.860. The number of nitrogens with zero attached hydrogens (tertiary/aromatic N) is 1. The van der Waals surface area contributed by atoms with Crippen LogP contribution >= 0.6 is 0 Å². The zero-order chi connectivity index (χ0) is 11.1. The highest BCUT2D eigenvalue weighted by Crippen LogP contribution is 2.41. The van der Waals surface area contributed by atoms with Gasteiger partial charge >= 0.3 is 0 Å². The molecule has 1 aliphatic heterocycles. The fraction of sp³-hybridized carbons (Fsp3) is 0.571. The summed E-state index contributed by atoms with van der Waals surface area (Å²) >= 11 is 0. The van der Waals surface area contributed by atoms with Crippen LogP contribution in [0.25, 0.3) is 0 Å². The average Bonchev–Trinajstić information content (AvgIpc) is 2.88. The standard InChI is InChI=1S/C14H19NO/c1-10(12-5-3-2-4-6-12)15-9-11-7-13(15)14(16)8-11/h2-6,10-11,13-14,16H,7-9H2,1H3/t10-,11-,13+,14?/m0/s1. The highest BCUT2D eigenvalue weighted by molar-refractivity contribution is 5.19. The fourth-order valence-corrected chi connectivity index (χ4v) is 3.40. The van der Waals surface area contributed by atoms with E-state index in [0.29, 0.717) is 12.1 Å². The van der Waals surface area contributed by atoms with Gasteiger partial charge in [-0.25, -0.2) is 0 Å². The van der Waals surface area contributed by atoms with Gasteiger partial charge in [0.05, 0.1) is 6.10 Å². The number of piperidine rings is 1. The minimum atomic E-state index is -0.0927. The Morgan fingerprint density at radius 3 is 2.62 bits per heavy atom. The lowest BCUT2D eigenvalue weighted by Gasteiger charge is -2.35. The molecular weight excluding hydrogens is 198 g/mol. The molecule has 1 aromatic rings. The number of fused-ring (bicyclic) bond motifs is 2. The Labute approximate surface area is 96.9 Å².